The first-order valence-corrected chi connectivity index (χ1v) is 12.8. The fourth-order valence-electron chi connectivity index (χ4n) is 4.52. The van der Waals surface area contributed by atoms with Gasteiger partial charge in [0, 0.05) is 51.6 Å². The minimum absolute atomic E-state index is 0.0976. The van der Waals surface area contributed by atoms with Crippen molar-refractivity contribution in [2.45, 2.75) is 56.1 Å². The first kappa shape index (κ1) is 25.9. The van der Waals surface area contributed by atoms with Crippen molar-refractivity contribution in [2.24, 2.45) is 16.6 Å². The summed E-state index contributed by atoms with van der Waals surface area (Å²) in [5.41, 5.74) is 6.79. The number of nitrogens with two attached hydrogens (primary N) is 1. The van der Waals surface area contributed by atoms with Crippen molar-refractivity contribution in [1.82, 2.24) is 4.98 Å². The zero-order valence-corrected chi connectivity index (χ0v) is 21.2. The van der Waals surface area contributed by atoms with Crippen molar-refractivity contribution in [1.29, 1.82) is 0 Å². The van der Waals surface area contributed by atoms with E-state index < -0.39 is 29.5 Å². The number of carbonyl (C=O) groups excluding carboxylic acids is 1. The van der Waals surface area contributed by atoms with Crippen LogP contribution < -0.4 is 10.6 Å². The van der Waals surface area contributed by atoms with Crippen LogP contribution in [0.4, 0.5) is 23.2 Å². The van der Waals surface area contributed by atoms with E-state index in [2.05, 4.69) is 25.9 Å². The molecule has 1 amide bonds. The van der Waals surface area contributed by atoms with Gasteiger partial charge < -0.3 is 10.6 Å². The van der Waals surface area contributed by atoms with Crippen LogP contribution in [-0.2, 0) is 16.3 Å². The van der Waals surface area contributed by atoms with Crippen LogP contribution in [0.2, 0.25) is 5.02 Å². The molecule has 0 spiro atoms. The van der Waals surface area contributed by atoms with E-state index in [1.54, 1.807) is 6.07 Å². The Labute approximate surface area is 213 Å². The highest BCUT2D eigenvalue weighted by Gasteiger charge is 2.37. The monoisotopic (exact) mass is 574 g/mol. The summed E-state index contributed by atoms with van der Waals surface area (Å²) >= 11 is 9.41. The fourth-order valence-corrected chi connectivity index (χ4v) is 5.27. The van der Waals surface area contributed by atoms with Gasteiger partial charge in [0.15, 0.2) is 0 Å². The molecule has 188 valence electrons. The minimum Gasteiger partial charge on any atom is -0.383 e. The molecule has 2 heterocycles. The summed E-state index contributed by atoms with van der Waals surface area (Å²) in [6.07, 6.45) is -2.19. The molecule has 1 aliphatic heterocycles. The number of amidine groups is 1. The first-order valence-electron chi connectivity index (χ1n) is 11.3. The van der Waals surface area contributed by atoms with Crippen molar-refractivity contribution < 1.29 is 22.4 Å². The van der Waals surface area contributed by atoms with Crippen LogP contribution in [0.25, 0.3) is 0 Å². The Morgan fingerprint density at radius 3 is 2.60 bits per heavy atom. The number of anilines is 1. The van der Waals surface area contributed by atoms with E-state index in [0.717, 1.165) is 18.9 Å². The molecule has 0 radical (unpaired) electrons. The summed E-state index contributed by atoms with van der Waals surface area (Å²) in [5, 5.41) is 0.615. The standard InChI is InChI=1S/C24H24BrClF4N4O/c1-12-8-14(6-7-34(12)19-10-15(26)9-18(27)17(19)11-25)23(35)33-22(31)16-4-5-20(24(28,29)30)32-21(16)13-2-3-13/h4-5,9-10,12-14H,2-3,6-8,11H2,1H3,(H2,31,33,35). The number of hydrogen-bond donors (Lipinski definition) is 1. The maximum absolute atomic E-state index is 14.4. The van der Waals surface area contributed by atoms with Gasteiger partial charge >= 0.3 is 6.18 Å². The first-order chi connectivity index (χ1) is 16.5. The van der Waals surface area contributed by atoms with Crippen molar-refractivity contribution in [2.75, 3.05) is 11.4 Å². The molecule has 1 saturated heterocycles. The number of alkyl halides is 4. The zero-order chi connectivity index (χ0) is 25.5. The van der Waals surface area contributed by atoms with Crippen LogP contribution in [0.5, 0.6) is 0 Å². The number of aliphatic imine (C=N–C) groups is 1. The van der Waals surface area contributed by atoms with Gasteiger partial charge in [-0.15, -0.1) is 0 Å². The van der Waals surface area contributed by atoms with Gasteiger partial charge in [0.1, 0.15) is 17.3 Å². The van der Waals surface area contributed by atoms with Gasteiger partial charge in [-0.25, -0.2) is 9.37 Å². The molecule has 2 N–H and O–H groups in total. The van der Waals surface area contributed by atoms with Crippen LogP contribution in [-0.4, -0.2) is 29.3 Å². The summed E-state index contributed by atoms with van der Waals surface area (Å²) in [4.78, 5) is 22.8. The van der Waals surface area contributed by atoms with Gasteiger partial charge in [-0.05, 0) is 56.9 Å². The van der Waals surface area contributed by atoms with E-state index in [1.807, 2.05) is 11.8 Å². The topological polar surface area (TPSA) is 71.6 Å². The Morgan fingerprint density at radius 2 is 2.00 bits per heavy atom. The Kier molecular flexibility index (Phi) is 7.43. The molecule has 2 aliphatic rings. The van der Waals surface area contributed by atoms with Crippen LogP contribution in [0.1, 0.15) is 61.0 Å². The van der Waals surface area contributed by atoms with Crippen LogP contribution >= 0.6 is 27.5 Å². The van der Waals surface area contributed by atoms with Crippen LogP contribution in [0.15, 0.2) is 29.3 Å². The van der Waals surface area contributed by atoms with E-state index >= 15 is 0 Å². The van der Waals surface area contributed by atoms with Crippen molar-refractivity contribution in [3.05, 3.63) is 57.6 Å². The lowest BCUT2D eigenvalue weighted by molar-refractivity contribution is -0.141. The molecule has 5 nitrogen and oxygen atoms in total. The Balaban J connectivity index is 1.52. The number of pyridine rings is 1. The van der Waals surface area contributed by atoms with Gasteiger partial charge in [0.2, 0.25) is 0 Å². The molecular formula is C24H24BrClF4N4O. The molecule has 1 saturated carbocycles. The highest BCUT2D eigenvalue weighted by atomic mass is 79.9. The SMILES string of the molecule is CC1CC(C(=O)N=C(N)c2ccc(C(F)(F)F)nc2C2CC2)CCN1c1cc(Cl)cc(F)c1CBr. The molecule has 1 aliphatic carbocycles. The molecule has 4 rings (SSSR count). The van der Waals surface area contributed by atoms with Gasteiger partial charge in [-0.3, -0.25) is 4.79 Å². The Morgan fingerprint density at radius 1 is 1.29 bits per heavy atom. The molecule has 2 unspecified atom stereocenters. The maximum atomic E-state index is 14.4. The molecule has 1 aromatic heterocycles. The summed E-state index contributed by atoms with van der Waals surface area (Å²) in [6.45, 7) is 2.43. The third-order valence-electron chi connectivity index (χ3n) is 6.49. The predicted molar refractivity (Wildman–Crippen MR) is 131 cm³/mol. The number of benzene rings is 1. The summed E-state index contributed by atoms with van der Waals surface area (Å²) in [7, 11) is 0. The number of amides is 1. The molecular weight excluding hydrogens is 552 g/mol. The average molecular weight is 576 g/mol. The van der Waals surface area contributed by atoms with Crippen molar-refractivity contribution in [3.63, 3.8) is 0 Å². The lowest BCUT2D eigenvalue weighted by Gasteiger charge is -2.39. The number of nitrogens with zero attached hydrogens (tertiary/aromatic N) is 3. The normalized spacial score (nSPS) is 21.3. The fraction of sp³-hybridized carbons (Fsp3) is 0.458. The molecule has 11 heteroatoms. The number of piperidine rings is 1. The van der Waals surface area contributed by atoms with E-state index in [4.69, 9.17) is 17.3 Å². The highest BCUT2D eigenvalue weighted by Crippen LogP contribution is 2.42. The van der Waals surface area contributed by atoms with Crippen molar-refractivity contribution >= 4 is 45.0 Å². The lowest BCUT2D eigenvalue weighted by atomic mass is 9.90. The lowest BCUT2D eigenvalue weighted by Crippen LogP contribution is -2.43. The largest absolute Gasteiger partial charge is 0.433 e. The number of halogens is 6. The van der Waals surface area contributed by atoms with E-state index in [0.29, 0.717) is 41.0 Å². The average Bonchev–Trinajstić information content (AvgIpc) is 3.63. The van der Waals surface area contributed by atoms with Gasteiger partial charge in [-0.2, -0.15) is 18.2 Å². The minimum atomic E-state index is -4.56. The van der Waals surface area contributed by atoms with Crippen LogP contribution in [0, 0.1) is 11.7 Å². The molecule has 2 atom stereocenters. The summed E-state index contributed by atoms with van der Waals surface area (Å²) in [5.74, 6) is -1.46. The summed E-state index contributed by atoms with van der Waals surface area (Å²) < 4.78 is 53.7. The number of carbonyl (C=O) groups is 1. The second-order valence-electron chi connectivity index (χ2n) is 9.02. The third-order valence-corrected chi connectivity index (χ3v) is 7.27. The molecule has 0 bridgehead atoms. The maximum Gasteiger partial charge on any atom is 0.433 e. The Bertz CT molecular complexity index is 1170. The smallest absolute Gasteiger partial charge is 0.383 e. The molecule has 35 heavy (non-hydrogen) atoms. The van der Waals surface area contributed by atoms with E-state index in [9.17, 15) is 22.4 Å². The molecule has 1 aromatic carbocycles. The second kappa shape index (κ2) is 10.0. The van der Waals surface area contributed by atoms with Gasteiger partial charge in [0.05, 0.1) is 5.69 Å². The summed E-state index contributed by atoms with van der Waals surface area (Å²) in [6, 6.07) is 5.00. The third kappa shape index (κ3) is 5.63. The molecule has 2 fully saturated rings. The Hall–Kier alpha value is -2.20. The number of rotatable bonds is 5. The van der Waals surface area contributed by atoms with Gasteiger partial charge in [0.25, 0.3) is 5.91 Å². The quantitative estimate of drug-likeness (QED) is 0.199. The number of aromatic nitrogens is 1. The van der Waals surface area contributed by atoms with Crippen LogP contribution in [0.3, 0.4) is 0 Å². The van der Waals surface area contributed by atoms with Crippen molar-refractivity contribution in [3.8, 4) is 0 Å². The second-order valence-corrected chi connectivity index (χ2v) is 10.0. The van der Waals surface area contributed by atoms with E-state index in [1.165, 1.54) is 12.1 Å². The van der Waals surface area contributed by atoms with Gasteiger partial charge in [-0.1, -0.05) is 27.5 Å². The zero-order valence-electron chi connectivity index (χ0n) is 18.9. The number of hydrogen-bond acceptors (Lipinski definition) is 3. The van der Waals surface area contributed by atoms with E-state index in [-0.39, 0.29) is 29.1 Å². The highest BCUT2D eigenvalue weighted by molar-refractivity contribution is 9.08. The predicted octanol–water partition coefficient (Wildman–Crippen LogP) is 6.20. The molecule has 2 aromatic rings.